The lowest BCUT2D eigenvalue weighted by atomic mass is 10.1. The van der Waals surface area contributed by atoms with Crippen molar-refractivity contribution in [3.8, 4) is 0 Å². The molecule has 162 valence electrons. The number of rotatable bonds is 5. The quantitative estimate of drug-likeness (QED) is 0.475. The number of nitrogens with zero attached hydrogens (tertiary/aromatic N) is 5. The monoisotopic (exact) mass is 489 g/mol. The molecule has 8 nitrogen and oxygen atoms in total. The number of amides is 1. The zero-order valence-corrected chi connectivity index (χ0v) is 17.6. The van der Waals surface area contributed by atoms with Gasteiger partial charge in [-0.2, -0.15) is 17.9 Å². The molecule has 1 fully saturated rings. The third-order valence-electron chi connectivity index (χ3n) is 4.96. The predicted molar refractivity (Wildman–Crippen MR) is 105 cm³/mol. The number of carbonyl (C=O) groups excluding carboxylic acids is 1. The van der Waals surface area contributed by atoms with Crippen LogP contribution in [0.1, 0.15) is 16.8 Å². The van der Waals surface area contributed by atoms with E-state index in [9.17, 15) is 28.1 Å². The van der Waals surface area contributed by atoms with Gasteiger partial charge in [0.25, 0.3) is 0 Å². The molecule has 1 aromatic carbocycles. The van der Waals surface area contributed by atoms with Gasteiger partial charge in [-0.15, -0.1) is 0 Å². The summed E-state index contributed by atoms with van der Waals surface area (Å²) in [5.74, 6) is -0.562. The van der Waals surface area contributed by atoms with E-state index in [0.29, 0.717) is 44.0 Å². The van der Waals surface area contributed by atoms with Gasteiger partial charge in [-0.25, -0.2) is 0 Å². The second kappa shape index (κ2) is 8.72. The summed E-state index contributed by atoms with van der Waals surface area (Å²) in [4.78, 5) is 26.5. The van der Waals surface area contributed by atoms with Gasteiger partial charge in [0.05, 0.1) is 16.4 Å². The molecule has 0 unspecified atom stereocenters. The molecule has 2 aromatic rings. The molecule has 30 heavy (non-hydrogen) atoms. The highest BCUT2D eigenvalue weighted by molar-refractivity contribution is 9.10. The zero-order valence-electron chi connectivity index (χ0n) is 16.0. The number of piperazine rings is 1. The van der Waals surface area contributed by atoms with E-state index in [0.717, 1.165) is 12.1 Å². The molecule has 0 aliphatic carbocycles. The average molecular weight is 490 g/mol. The first-order chi connectivity index (χ1) is 14.1. The van der Waals surface area contributed by atoms with Crippen molar-refractivity contribution in [3.05, 3.63) is 55.7 Å². The van der Waals surface area contributed by atoms with Crippen molar-refractivity contribution in [2.24, 2.45) is 0 Å². The predicted octanol–water partition coefficient (Wildman–Crippen LogP) is 3.23. The molecule has 0 atom stereocenters. The van der Waals surface area contributed by atoms with Crippen LogP contribution < -0.4 is 0 Å². The maximum absolute atomic E-state index is 12.9. The molecule has 12 heteroatoms. The molecule has 3 rings (SSSR count). The minimum absolute atomic E-state index is 0.119. The van der Waals surface area contributed by atoms with Gasteiger partial charge in [0.1, 0.15) is 11.0 Å². The Morgan fingerprint density at radius 3 is 2.50 bits per heavy atom. The Hall–Kier alpha value is -2.47. The summed E-state index contributed by atoms with van der Waals surface area (Å²) < 4.78 is 40.1. The van der Waals surface area contributed by atoms with E-state index in [1.807, 2.05) is 4.90 Å². The van der Waals surface area contributed by atoms with Crippen LogP contribution in [-0.4, -0.2) is 56.6 Å². The molecule has 0 bridgehead atoms. The molecule has 1 saturated heterocycles. The number of halogens is 4. The topological polar surface area (TPSA) is 84.5 Å². The number of hydrogen-bond donors (Lipinski definition) is 0. The largest absolute Gasteiger partial charge is 0.416 e. The smallest absolute Gasteiger partial charge is 0.358 e. The fraction of sp³-hybridized carbons (Fsp3) is 0.444. The highest BCUT2D eigenvalue weighted by atomic mass is 79.9. The maximum atomic E-state index is 12.9. The van der Waals surface area contributed by atoms with Crippen molar-refractivity contribution >= 4 is 27.7 Å². The van der Waals surface area contributed by atoms with Gasteiger partial charge in [0, 0.05) is 32.7 Å². The van der Waals surface area contributed by atoms with Gasteiger partial charge in [0.2, 0.25) is 5.91 Å². The Kier molecular flexibility index (Phi) is 6.46. The first-order valence-electron chi connectivity index (χ1n) is 9.10. The summed E-state index contributed by atoms with van der Waals surface area (Å²) in [5, 5.41) is 14.8. The van der Waals surface area contributed by atoms with Gasteiger partial charge in [-0.1, -0.05) is 18.2 Å². The summed E-state index contributed by atoms with van der Waals surface area (Å²) in [5.41, 5.74) is 0.371. The number of nitro groups is 1. The zero-order chi connectivity index (χ0) is 22.1. The van der Waals surface area contributed by atoms with E-state index in [2.05, 4.69) is 21.0 Å². The van der Waals surface area contributed by atoms with Gasteiger partial charge in [0.15, 0.2) is 0 Å². The van der Waals surface area contributed by atoms with Crippen molar-refractivity contribution in [1.29, 1.82) is 0 Å². The number of hydrogen-bond acceptors (Lipinski definition) is 5. The number of aromatic nitrogens is 2. The Balaban J connectivity index is 1.56. The Morgan fingerprint density at radius 2 is 1.93 bits per heavy atom. The molecule has 1 aliphatic heterocycles. The van der Waals surface area contributed by atoms with Crippen LogP contribution in [0.4, 0.5) is 19.0 Å². The molecular formula is C18H19BrF3N5O3. The highest BCUT2D eigenvalue weighted by Gasteiger charge is 2.31. The normalized spacial score (nSPS) is 15.4. The summed E-state index contributed by atoms with van der Waals surface area (Å²) >= 11 is 3.12. The van der Waals surface area contributed by atoms with Crippen LogP contribution in [0, 0.1) is 17.0 Å². The molecular weight excluding hydrogens is 471 g/mol. The molecule has 1 amide bonds. The lowest BCUT2D eigenvalue weighted by molar-refractivity contribution is -0.390. The molecule has 2 heterocycles. The number of carbonyl (C=O) groups is 1. The van der Waals surface area contributed by atoms with Gasteiger partial charge >= 0.3 is 12.0 Å². The van der Waals surface area contributed by atoms with E-state index >= 15 is 0 Å². The second-order valence-corrected chi connectivity index (χ2v) is 7.79. The molecule has 0 saturated carbocycles. The van der Waals surface area contributed by atoms with E-state index < -0.39 is 16.7 Å². The third kappa shape index (κ3) is 4.98. The number of benzene rings is 1. The van der Waals surface area contributed by atoms with E-state index in [-0.39, 0.29) is 22.7 Å². The first-order valence-corrected chi connectivity index (χ1v) is 9.89. The molecule has 0 N–H and O–H groups in total. The van der Waals surface area contributed by atoms with Crippen LogP contribution >= 0.6 is 15.9 Å². The fourth-order valence-corrected chi connectivity index (χ4v) is 3.70. The Labute approximate surface area is 178 Å². The average Bonchev–Trinajstić information content (AvgIpc) is 2.97. The van der Waals surface area contributed by atoms with Crippen molar-refractivity contribution in [3.63, 3.8) is 0 Å². The van der Waals surface area contributed by atoms with Gasteiger partial charge in [-0.05, 0) is 39.4 Å². The minimum atomic E-state index is -4.38. The maximum Gasteiger partial charge on any atom is 0.416 e. The van der Waals surface area contributed by atoms with Crippen LogP contribution in [0.5, 0.6) is 0 Å². The highest BCUT2D eigenvalue weighted by Crippen LogP contribution is 2.30. The molecule has 0 radical (unpaired) electrons. The minimum Gasteiger partial charge on any atom is -0.358 e. The van der Waals surface area contributed by atoms with Crippen LogP contribution in [0.25, 0.3) is 0 Å². The third-order valence-corrected chi connectivity index (χ3v) is 5.89. The summed E-state index contributed by atoms with van der Waals surface area (Å²) in [6.07, 6.45) is -4.38. The van der Waals surface area contributed by atoms with Gasteiger partial charge in [-0.3, -0.25) is 9.69 Å². The van der Waals surface area contributed by atoms with Crippen molar-refractivity contribution in [2.45, 2.75) is 26.2 Å². The van der Waals surface area contributed by atoms with Crippen molar-refractivity contribution < 1.29 is 22.9 Å². The standard InChI is InChI=1S/C18H19BrF3N5O3/c1-12-16(19)17(27(29)30)23-26(12)11-15(28)25-7-5-24(6-8-25)10-13-3-2-4-14(9-13)18(20,21)22/h2-4,9H,5-8,10-11H2,1H3. The Bertz CT molecular complexity index is 955. The SMILES string of the molecule is Cc1c(Br)c([N+](=O)[O-])nn1CC(=O)N1CCN(Cc2cccc(C(F)(F)F)c2)CC1. The van der Waals surface area contributed by atoms with Gasteiger partial charge < -0.3 is 15.0 Å². The molecule has 1 aromatic heterocycles. The van der Waals surface area contributed by atoms with Crippen molar-refractivity contribution in [1.82, 2.24) is 19.6 Å². The second-order valence-electron chi connectivity index (χ2n) is 6.99. The fourth-order valence-electron chi connectivity index (χ4n) is 3.27. The van der Waals surface area contributed by atoms with E-state index in [1.54, 1.807) is 17.9 Å². The summed E-state index contributed by atoms with van der Waals surface area (Å²) in [6, 6.07) is 5.22. The van der Waals surface area contributed by atoms with E-state index in [4.69, 9.17) is 0 Å². The van der Waals surface area contributed by atoms with Crippen molar-refractivity contribution in [2.75, 3.05) is 26.2 Å². The lowest BCUT2D eigenvalue weighted by Crippen LogP contribution is -2.49. The van der Waals surface area contributed by atoms with Crippen LogP contribution in [0.2, 0.25) is 0 Å². The number of alkyl halides is 3. The van der Waals surface area contributed by atoms with Crippen LogP contribution in [0.15, 0.2) is 28.7 Å². The molecule has 0 spiro atoms. The van der Waals surface area contributed by atoms with Crippen LogP contribution in [0.3, 0.4) is 0 Å². The summed E-state index contributed by atoms with van der Waals surface area (Å²) in [6.45, 7) is 3.75. The first kappa shape index (κ1) is 22.2. The summed E-state index contributed by atoms with van der Waals surface area (Å²) in [7, 11) is 0. The Morgan fingerprint density at radius 1 is 1.27 bits per heavy atom. The van der Waals surface area contributed by atoms with E-state index in [1.165, 1.54) is 10.7 Å². The van der Waals surface area contributed by atoms with Crippen LogP contribution in [-0.2, 0) is 24.1 Å². The molecule has 1 aliphatic rings. The lowest BCUT2D eigenvalue weighted by Gasteiger charge is -2.34.